The van der Waals surface area contributed by atoms with Crippen LogP contribution in [-0.2, 0) is 0 Å². The molecule has 0 saturated carbocycles. The minimum absolute atomic E-state index is 0.254. The highest BCUT2D eigenvalue weighted by atomic mass is 32.2. The zero-order valence-corrected chi connectivity index (χ0v) is 15.4. The van der Waals surface area contributed by atoms with E-state index in [9.17, 15) is 5.11 Å². The molecule has 0 fully saturated rings. The summed E-state index contributed by atoms with van der Waals surface area (Å²) in [5, 5.41) is 22.3. The van der Waals surface area contributed by atoms with E-state index >= 15 is 0 Å². The summed E-state index contributed by atoms with van der Waals surface area (Å²) in [5.74, 6) is 1.28. The second-order valence-corrected chi connectivity index (χ2v) is 7.70. The molecule has 2 N–H and O–H groups in total. The van der Waals surface area contributed by atoms with Crippen molar-refractivity contribution >= 4 is 33.9 Å². The highest BCUT2D eigenvalue weighted by Gasteiger charge is 2.10. The van der Waals surface area contributed by atoms with Gasteiger partial charge in [-0.1, -0.05) is 53.4 Å². The van der Waals surface area contributed by atoms with Crippen LogP contribution in [0.15, 0.2) is 58.9 Å². The summed E-state index contributed by atoms with van der Waals surface area (Å²) in [4.78, 5) is 0. The van der Waals surface area contributed by atoms with Crippen molar-refractivity contribution in [2.45, 2.75) is 17.4 Å². The second kappa shape index (κ2) is 8.84. The molecule has 25 heavy (non-hydrogen) atoms. The number of anilines is 2. The molecule has 7 heteroatoms. The summed E-state index contributed by atoms with van der Waals surface area (Å²) < 4.78 is 6.43. The fourth-order valence-electron chi connectivity index (χ4n) is 2.08. The van der Waals surface area contributed by atoms with Crippen molar-refractivity contribution in [2.24, 2.45) is 0 Å². The minimum Gasteiger partial charge on any atom is -0.491 e. The SMILES string of the molecule is Cc1cccc(OC[C@H](O)CSc2nnc(Nc3ccccc3)s2)c1. The van der Waals surface area contributed by atoms with Crippen molar-refractivity contribution in [1.29, 1.82) is 0 Å². The topological polar surface area (TPSA) is 67.3 Å². The van der Waals surface area contributed by atoms with Crippen molar-refractivity contribution in [2.75, 3.05) is 17.7 Å². The maximum absolute atomic E-state index is 10.1. The molecule has 2 aromatic carbocycles. The highest BCUT2D eigenvalue weighted by Crippen LogP contribution is 2.28. The smallest absolute Gasteiger partial charge is 0.210 e. The van der Waals surface area contributed by atoms with E-state index in [1.807, 2.05) is 61.5 Å². The first-order valence-corrected chi connectivity index (χ1v) is 9.65. The van der Waals surface area contributed by atoms with E-state index in [1.54, 1.807) is 0 Å². The van der Waals surface area contributed by atoms with Crippen LogP contribution in [0.25, 0.3) is 0 Å². The number of thioether (sulfide) groups is 1. The minimum atomic E-state index is -0.569. The van der Waals surface area contributed by atoms with Crippen molar-refractivity contribution in [3.63, 3.8) is 0 Å². The Balaban J connectivity index is 1.44. The molecule has 0 aliphatic carbocycles. The largest absolute Gasteiger partial charge is 0.491 e. The molecular formula is C18H19N3O2S2. The molecule has 1 heterocycles. The number of aliphatic hydroxyl groups is 1. The van der Waals surface area contributed by atoms with Gasteiger partial charge >= 0.3 is 0 Å². The lowest BCUT2D eigenvalue weighted by Crippen LogP contribution is -2.20. The lowest BCUT2D eigenvalue weighted by atomic mass is 10.2. The van der Waals surface area contributed by atoms with Crippen LogP contribution in [0.4, 0.5) is 10.8 Å². The number of para-hydroxylation sites is 1. The Morgan fingerprint density at radius 2 is 2.00 bits per heavy atom. The van der Waals surface area contributed by atoms with Crippen LogP contribution in [0, 0.1) is 6.92 Å². The van der Waals surface area contributed by atoms with Gasteiger partial charge in [0, 0.05) is 11.4 Å². The van der Waals surface area contributed by atoms with Gasteiger partial charge in [0.25, 0.3) is 0 Å². The van der Waals surface area contributed by atoms with Gasteiger partial charge in [-0.3, -0.25) is 0 Å². The van der Waals surface area contributed by atoms with Gasteiger partial charge in [-0.25, -0.2) is 0 Å². The quantitative estimate of drug-likeness (QED) is 0.579. The molecule has 3 aromatic rings. The van der Waals surface area contributed by atoms with Crippen molar-refractivity contribution in [3.8, 4) is 5.75 Å². The van der Waals surface area contributed by atoms with Gasteiger partial charge in [0.1, 0.15) is 12.4 Å². The van der Waals surface area contributed by atoms with Crippen molar-refractivity contribution in [3.05, 3.63) is 60.2 Å². The average molecular weight is 374 g/mol. The zero-order valence-electron chi connectivity index (χ0n) is 13.8. The fraction of sp³-hybridized carbons (Fsp3) is 0.222. The van der Waals surface area contributed by atoms with Gasteiger partial charge < -0.3 is 15.2 Å². The van der Waals surface area contributed by atoms with Crippen LogP contribution in [0.5, 0.6) is 5.75 Å². The Morgan fingerprint density at radius 3 is 2.80 bits per heavy atom. The molecule has 0 aliphatic rings. The van der Waals surface area contributed by atoms with E-state index in [1.165, 1.54) is 23.1 Å². The van der Waals surface area contributed by atoms with E-state index < -0.39 is 6.10 Å². The first kappa shape index (κ1) is 17.7. The molecule has 0 spiro atoms. The molecule has 0 radical (unpaired) electrons. The molecule has 3 rings (SSSR count). The summed E-state index contributed by atoms with van der Waals surface area (Å²) in [6.07, 6.45) is -0.569. The predicted molar refractivity (Wildman–Crippen MR) is 103 cm³/mol. The molecule has 1 aromatic heterocycles. The Labute approximate surface area is 155 Å². The monoisotopic (exact) mass is 373 g/mol. The first-order chi connectivity index (χ1) is 12.2. The number of aryl methyl sites for hydroxylation is 1. The van der Waals surface area contributed by atoms with E-state index in [4.69, 9.17) is 4.74 Å². The van der Waals surface area contributed by atoms with E-state index in [2.05, 4.69) is 15.5 Å². The second-order valence-electron chi connectivity index (χ2n) is 5.46. The van der Waals surface area contributed by atoms with Crippen LogP contribution in [0.2, 0.25) is 0 Å². The Bertz CT molecular complexity index is 796. The third-order valence-electron chi connectivity index (χ3n) is 3.26. The number of ether oxygens (including phenoxy) is 1. The lowest BCUT2D eigenvalue weighted by Gasteiger charge is -2.11. The predicted octanol–water partition coefficient (Wildman–Crippen LogP) is 4.12. The lowest BCUT2D eigenvalue weighted by molar-refractivity contribution is 0.126. The van der Waals surface area contributed by atoms with Crippen molar-refractivity contribution < 1.29 is 9.84 Å². The van der Waals surface area contributed by atoms with Crippen LogP contribution in [0.3, 0.4) is 0 Å². The molecule has 1 atom stereocenters. The third kappa shape index (κ3) is 5.74. The average Bonchev–Trinajstić information content (AvgIpc) is 3.06. The maximum Gasteiger partial charge on any atom is 0.210 e. The van der Waals surface area contributed by atoms with Gasteiger partial charge in [0.15, 0.2) is 4.34 Å². The number of aromatic nitrogens is 2. The number of nitrogens with one attached hydrogen (secondary N) is 1. The van der Waals surface area contributed by atoms with Gasteiger partial charge in [0.05, 0.1) is 6.10 Å². The van der Waals surface area contributed by atoms with Crippen LogP contribution in [-0.4, -0.2) is 33.8 Å². The number of aliphatic hydroxyl groups excluding tert-OH is 1. The normalized spacial score (nSPS) is 11.9. The molecule has 0 saturated heterocycles. The Hall–Kier alpha value is -2.09. The van der Waals surface area contributed by atoms with Gasteiger partial charge in [-0.2, -0.15) is 0 Å². The molecule has 0 aliphatic heterocycles. The molecule has 0 bridgehead atoms. The van der Waals surface area contributed by atoms with E-state index in [0.717, 1.165) is 26.5 Å². The molecule has 130 valence electrons. The fourth-order valence-corrected chi connectivity index (χ4v) is 3.78. The molecule has 0 unspecified atom stereocenters. The van der Waals surface area contributed by atoms with Crippen molar-refractivity contribution in [1.82, 2.24) is 10.2 Å². The van der Waals surface area contributed by atoms with E-state index in [0.29, 0.717) is 5.75 Å². The standard InChI is InChI=1S/C18H19N3O2S2/c1-13-6-5-9-16(10-13)23-11-15(22)12-24-18-21-20-17(25-18)19-14-7-3-2-4-8-14/h2-10,15,22H,11-12H2,1H3,(H,19,20)/t15-/m0/s1. The first-order valence-electron chi connectivity index (χ1n) is 7.85. The molecule has 0 amide bonds. The number of hydrogen-bond acceptors (Lipinski definition) is 7. The summed E-state index contributed by atoms with van der Waals surface area (Å²) in [6.45, 7) is 2.26. The van der Waals surface area contributed by atoms with Gasteiger partial charge in [0.2, 0.25) is 5.13 Å². The number of hydrogen-bond donors (Lipinski definition) is 2. The molecule has 5 nitrogen and oxygen atoms in total. The van der Waals surface area contributed by atoms with Gasteiger partial charge in [-0.15, -0.1) is 10.2 Å². The highest BCUT2D eigenvalue weighted by molar-refractivity contribution is 8.01. The Kier molecular flexibility index (Phi) is 6.27. The van der Waals surface area contributed by atoms with E-state index in [-0.39, 0.29) is 6.61 Å². The number of nitrogens with zero attached hydrogens (tertiary/aromatic N) is 2. The van der Waals surface area contributed by atoms with Gasteiger partial charge in [-0.05, 0) is 36.8 Å². The maximum atomic E-state index is 10.1. The summed E-state index contributed by atoms with van der Waals surface area (Å²) in [6, 6.07) is 17.6. The summed E-state index contributed by atoms with van der Waals surface area (Å²) in [5.41, 5.74) is 2.11. The summed E-state index contributed by atoms with van der Waals surface area (Å²) >= 11 is 2.94. The summed E-state index contributed by atoms with van der Waals surface area (Å²) in [7, 11) is 0. The molecular weight excluding hydrogens is 354 g/mol. The van der Waals surface area contributed by atoms with Crippen LogP contribution >= 0.6 is 23.1 Å². The number of benzene rings is 2. The van der Waals surface area contributed by atoms with Crippen LogP contribution in [0.1, 0.15) is 5.56 Å². The zero-order chi connectivity index (χ0) is 17.5. The number of rotatable bonds is 8. The third-order valence-corrected chi connectivity index (χ3v) is 5.38. The Morgan fingerprint density at radius 1 is 1.16 bits per heavy atom. The van der Waals surface area contributed by atoms with Crippen LogP contribution < -0.4 is 10.1 Å².